The summed E-state index contributed by atoms with van der Waals surface area (Å²) in [5.74, 6) is 0.198. The molecule has 134 valence electrons. The largest absolute Gasteiger partial charge is 0.456 e. The zero-order valence-electron chi connectivity index (χ0n) is 13.4. The van der Waals surface area contributed by atoms with Gasteiger partial charge in [-0.2, -0.15) is 0 Å². The summed E-state index contributed by atoms with van der Waals surface area (Å²) in [6.45, 7) is -0.0918. The Kier molecular flexibility index (Phi) is 6.08. The van der Waals surface area contributed by atoms with E-state index in [-0.39, 0.29) is 31.1 Å². The van der Waals surface area contributed by atoms with Gasteiger partial charge in [0.25, 0.3) is 0 Å². The van der Waals surface area contributed by atoms with E-state index in [2.05, 4.69) is 4.98 Å². The molecule has 0 amide bonds. The van der Waals surface area contributed by atoms with Crippen molar-refractivity contribution in [3.63, 3.8) is 0 Å². The zero-order chi connectivity index (χ0) is 18.5. The summed E-state index contributed by atoms with van der Waals surface area (Å²) in [6, 6.07) is 10.4. The number of ketones is 1. The summed E-state index contributed by atoms with van der Waals surface area (Å²) in [4.78, 5) is 28.3. The first-order valence-corrected chi connectivity index (χ1v) is 9.23. The van der Waals surface area contributed by atoms with Crippen molar-refractivity contribution in [2.24, 2.45) is 0 Å². The molecule has 0 aliphatic carbocycles. The maximum atomic E-state index is 11.9. The third-order valence-electron chi connectivity index (χ3n) is 3.44. The number of hydrogen-bond acceptors (Lipinski definition) is 6. The van der Waals surface area contributed by atoms with E-state index in [9.17, 15) is 9.59 Å². The molecule has 0 spiro atoms. The van der Waals surface area contributed by atoms with E-state index in [4.69, 9.17) is 32.4 Å². The molecule has 0 fully saturated rings. The third-order valence-corrected chi connectivity index (χ3v) is 4.97. The number of hydrogen-bond donors (Lipinski definition) is 0. The van der Waals surface area contributed by atoms with Crippen molar-refractivity contribution in [2.45, 2.75) is 19.4 Å². The molecule has 2 heterocycles. The third kappa shape index (κ3) is 4.94. The Bertz CT molecular complexity index is 917. The van der Waals surface area contributed by atoms with Crippen molar-refractivity contribution in [1.29, 1.82) is 0 Å². The van der Waals surface area contributed by atoms with Crippen LogP contribution >= 0.6 is 34.5 Å². The van der Waals surface area contributed by atoms with Crippen LogP contribution in [0.2, 0.25) is 9.36 Å². The number of Topliss-reactive ketones (excluding diaryl/α,β-unsaturated/α-hetero) is 1. The second-order valence-corrected chi connectivity index (χ2v) is 7.46. The summed E-state index contributed by atoms with van der Waals surface area (Å²) in [7, 11) is 0. The summed E-state index contributed by atoms with van der Waals surface area (Å²) in [5, 5.41) is 0.627. The topological polar surface area (TPSA) is 69.4 Å². The fourth-order valence-corrected chi connectivity index (χ4v) is 3.28. The molecule has 0 aliphatic heterocycles. The molecule has 3 aromatic rings. The normalized spacial score (nSPS) is 10.7. The SMILES string of the molecule is O=C(CCC(=O)c1ccc(Cl)s1)OCc1ncc(-c2ccc(Cl)cc2)o1. The van der Waals surface area contributed by atoms with Gasteiger partial charge in [0.15, 0.2) is 18.2 Å². The minimum absolute atomic E-state index is 0.0148. The van der Waals surface area contributed by atoms with Gasteiger partial charge in [0.05, 0.1) is 21.8 Å². The molecule has 0 bridgehead atoms. The Morgan fingerprint density at radius 3 is 2.54 bits per heavy atom. The number of rotatable bonds is 7. The quantitative estimate of drug-likeness (QED) is 0.385. The lowest BCUT2D eigenvalue weighted by molar-refractivity contribution is -0.145. The molecular weight excluding hydrogens is 397 g/mol. The van der Waals surface area contributed by atoms with Crippen LogP contribution in [0.5, 0.6) is 0 Å². The molecule has 0 saturated heterocycles. The fraction of sp³-hybridized carbons (Fsp3) is 0.167. The highest BCUT2D eigenvalue weighted by Gasteiger charge is 2.14. The first kappa shape index (κ1) is 18.6. The molecular formula is C18H13Cl2NO4S. The fourth-order valence-electron chi connectivity index (χ4n) is 2.14. The zero-order valence-corrected chi connectivity index (χ0v) is 15.7. The highest BCUT2D eigenvalue weighted by atomic mass is 35.5. The Morgan fingerprint density at radius 1 is 1.08 bits per heavy atom. The lowest BCUT2D eigenvalue weighted by Crippen LogP contribution is -2.07. The van der Waals surface area contributed by atoms with Gasteiger partial charge in [-0.15, -0.1) is 11.3 Å². The molecule has 5 nitrogen and oxygen atoms in total. The molecule has 3 rings (SSSR count). The number of halogens is 2. The maximum absolute atomic E-state index is 11.9. The van der Waals surface area contributed by atoms with Crippen molar-refractivity contribution in [3.05, 3.63) is 62.7 Å². The molecule has 8 heteroatoms. The number of ether oxygens (including phenoxy) is 1. The predicted molar refractivity (Wildman–Crippen MR) is 99.6 cm³/mol. The minimum atomic E-state index is -0.493. The lowest BCUT2D eigenvalue weighted by Gasteiger charge is -2.01. The van der Waals surface area contributed by atoms with Gasteiger partial charge in [0.2, 0.25) is 5.89 Å². The monoisotopic (exact) mass is 409 g/mol. The van der Waals surface area contributed by atoms with Gasteiger partial charge in [0.1, 0.15) is 0 Å². The second-order valence-electron chi connectivity index (χ2n) is 5.31. The molecule has 0 saturated carbocycles. The second kappa shape index (κ2) is 8.49. The van der Waals surface area contributed by atoms with Crippen molar-refractivity contribution in [1.82, 2.24) is 4.98 Å². The molecule has 1 aromatic carbocycles. The Hall–Kier alpha value is -2.15. The van der Waals surface area contributed by atoms with Crippen molar-refractivity contribution < 1.29 is 18.7 Å². The van der Waals surface area contributed by atoms with Crippen LogP contribution in [-0.2, 0) is 16.1 Å². The van der Waals surface area contributed by atoms with Gasteiger partial charge in [0, 0.05) is 17.0 Å². The summed E-state index contributed by atoms with van der Waals surface area (Å²) in [5.41, 5.74) is 0.819. The van der Waals surface area contributed by atoms with Crippen molar-refractivity contribution >= 4 is 46.3 Å². The number of carbonyl (C=O) groups excluding carboxylic acids is 2. The molecule has 0 N–H and O–H groups in total. The molecule has 0 atom stereocenters. The van der Waals surface area contributed by atoms with E-state index >= 15 is 0 Å². The average molecular weight is 410 g/mol. The van der Waals surface area contributed by atoms with E-state index in [0.29, 0.717) is 20.0 Å². The van der Waals surface area contributed by atoms with Crippen molar-refractivity contribution in [2.75, 3.05) is 0 Å². The van der Waals surface area contributed by atoms with Crippen LogP contribution in [0, 0.1) is 0 Å². The Balaban J connectivity index is 1.47. The van der Waals surface area contributed by atoms with Crippen LogP contribution in [0.15, 0.2) is 47.0 Å². The summed E-state index contributed by atoms with van der Waals surface area (Å²) < 4.78 is 11.2. The average Bonchev–Trinajstić information content (AvgIpc) is 3.27. The van der Waals surface area contributed by atoms with Crippen LogP contribution in [0.1, 0.15) is 28.4 Å². The van der Waals surface area contributed by atoms with Crippen LogP contribution in [0.25, 0.3) is 11.3 Å². The molecule has 0 unspecified atom stereocenters. The van der Waals surface area contributed by atoms with E-state index < -0.39 is 5.97 Å². The van der Waals surface area contributed by atoms with Gasteiger partial charge < -0.3 is 9.15 Å². The minimum Gasteiger partial charge on any atom is -0.456 e. The number of nitrogens with zero attached hydrogens (tertiary/aromatic N) is 1. The van der Waals surface area contributed by atoms with Gasteiger partial charge in [-0.25, -0.2) is 4.98 Å². The number of aromatic nitrogens is 1. The van der Waals surface area contributed by atoms with Crippen molar-refractivity contribution in [3.8, 4) is 11.3 Å². The highest BCUT2D eigenvalue weighted by Crippen LogP contribution is 2.24. The van der Waals surface area contributed by atoms with E-state index in [1.807, 2.05) is 0 Å². The first-order valence-electron chi connectivity index (χ1n) is 7.66. The van der Waals surface area contributed by atoms with E-state index in [1.54, 1.807) is 42.6 Å². The first-order chi connectivity index (χ1) is 12.5. The number of thiophene rings is 1. The predicted octanol–water partition coefficient (Wildman–Crippen LogP) is 5.42. The van der Waals surface area contributed by atoms with Crippen LogP contribution in [-0.4, -0.2) is 16.7 Å². The van der Waals surface area contributed by atoms with Gasteiger partial charge in [-0.1, -0.05) is 23.2 Å². The van der Waals surface area contributed by atoms with Crippen LogP contribution in [0.3, 0.4) is 0 Å². The number of benzene rings is 1. The molecule has 2 aromatic heterocycles. The Morgan fingerprint density at radius 2 is 1.85 bits per heavy atom. The lowest BCUT2D eigenvalue weighted by atomic mass is 10.2. The van der Waals surface area contributed by atoms with E-state index in [0.717, 1.165) is 5.56 Å². The molecule has 26 heavy (non-hydrogen) atoms. The van der Waals surface area contributed by atoms with Gasteiger partial charge in [-0.3, -0.25) is 9.59 Å². The molecule has 0 radical (unpaired) electrons. The molecule has 0 aliphatic rings. The van der Waals surface area contributed by atoms with Crippen LogP contribution in [0.4, 0.5) is 0 Å². The highest BCUT2D eigenvalue weighted by molar-refractivity contribution is 7.18. The summed E-state index contributed by atoms with van der Waals surface area (Å²) >= 11 is 12.8. The number of esters is 1. The van der Waals surface area contributed by atoms with Gasteiger partial charge >= 0.3 is 5.97 Å². The summed E-state index contributed by atoms with van der Waals surface area (Å²) in [6.07, 6.45) is 1.60. The van der Waals surface area contributed by atoms with Crippen LogP contribution < -0.4 is 0 Å². The smallest absolute Gasteiger partial charge is 0.306 e. The van der Waals surface area contributed by atoms with Gasteiger partial charge in [-0.05, 0) is 36.4 Å². The maximum Gasteiger partial charge on any atom is 0.306 e. The number of carbonyl (C=O) groups is 2. The Labute approximate surface area is 163 Å². The standard InChI is InChI=1S/C18H13Cl2NO4S/c19-12-3-1-11(2-4-12)14-9-21-17(25-14)10-24-18(23)8-5-13(22)15-6-7-16(20)26-15/h1-4,6-7,9H,5,8,10H2. The van der Waals surface area contributed by atoms with E-state index in [1.165, 1.54) is 11.3 Å². The number of oxazole rings is 1.